The number of fused-ring (bicyclic) bond motifs is 1. The standard InChI is InChI=1S/C25H22N6OS/c1-18(19-5-9-22(10-6-19)31-17-26-16-27-31)28-25(32)20-7-11-23(12-8-20)33-15-21-14-30-13-3-2-4-24(30)29-21/h2-14,16-18H,15H2,1H3,(H,28,32). The Morgan fingerprint density at radius 2 is 1.88 bits per heavy atom. The van der Waals surface area contributed by atoms with Crippen LogP contribution in [0.3, 0.4) is 0 Å². The number of nitrogens with one attached hydrogen (secondary N) is 1. The molecule has 0 aliphatic carbocycles. The van der Waals surface area contributed by atoms with Gasteiger partial charge in [-0.15, -0.1) is 11.8 Å². The summed E-state index contributed by atoms with van der Waals surface area (Å²) in [4.78, 5) is 22.4. The number of rotatable bonds is 7. The second-order valence-corrected chi connectivity index (χ2v) is 8.69. The number of hydrogen-bond acceptors (Lipinski definition) is 5. The summed E-state index contributed by atoms with van der Waals surface area (Å²) in [7, 11) is 0. The highest BCUT2D eigenvalue weighted by Gasteiger charge is 2.12. The van der Waals surface area contributed by atoms with Gasteiger partial charge < -0.3 is 9.72 Å². The van der Waals surface area contributed by atoms with Crippen LogP contribution in [0.2, 0.25) is 0 Å². The van der Waals surface area contributed by atoms with Gasteiger partial charge in [0, 0.05) is 28.6 Å². The van der Waals surface area contributed by atoms with Crippen molar-refractivity contribution in [2.75, 3.05) is 0 Å². The van der Waals surface area contributed by atoms with Crippen molar-refractivity contribution in [2.24, 2.45) is 0 Å². The van der Waals surface area contributed by atoms with Crippen LogP contribution in [0.4, 0.5) is 0 Å². The Kier molecular flexibility index (Phi) is 5.91. The van der Waals surface area contributed by atoms with Crippen LogP contribution in [-0.2, 0) is 5.75 Å². The van der Waals surface area contributed by atoms with Crippen LogP contribution in [0.25, 0.3) is 11.3 Å². The fourth-order valence-corrected chi connectivity index (χ4v) is 4.32. The van der Waals surface area contributed by atoms with Crippen molar-refractivity contribution in [1.29, 1.82) is 0 Å². The van der Waals surface area contributed by atoms with Crippen molar-refractivity contribution in [2.45, 2.75) is 23.6 Å². The largest absolute Gasteiger partial charge is 0.346 e. The number of nitrogens with zero attached hydrogens (tertiary/aromatic N) is 5. The number of carbonyl (C=O) groups is 1. The minimum atomic E-state index is -0.119. The summed E-state index contributed by atoms with van der Waals surface area (Å²) >= 11 is 1.70. The highest BCUT2D eigenvalue weighted by molar-refractivity contribution is 7.98. The van der Waals surface area contributed by atoms with E-state index in [1.807, 2.05) is 90.4 Å². The fraction of sp³-hybridized carbons (Fsp3) is 0.120. The van der Waals surface area contributed by atoms with E-state index in [1.165, 1.54) is 6.33 Å². The van der Waals surface area contributed by atoms with Crippen LogP contribution < -0.4 is 5.32 Å². The SMILES string of the molecule is CC(NC(=O)c1ccc(SCc2cn3ccccc3n2)cc1)c1ccc(-n2cncn2)cc1. The minimum absolute atomic E-state index is 0.0975. The molecule has 0 radical (unpaired) electrons. The lowest BCUT2D eigenvalue weighted by molar-refractivity contribution is 0.0940. The molecule has 1 amide bonds. The van der Waals surface area contributed by atoms with Crippen molar-refractivity contribution in [1.82, 2.24) is 29.5 Å². The molecule has 7 nitrogen and oxygen atoms in total. The Balaban J connectivity index is 1.17. The van der Waals surface area contributed by atoms with Crippen molar-refractivity contribution in [3.05, 3.63) is 109 Å². The molecule has 1 atom stereocenters. The maximum absolute atomic E-state index is 12.7. The summed E-state index contributed by atoms with van der Waals surface area (Å²) in [5.41, 5.74) is 4.55. The second kappa shape index (κ2) is 9.30. The quantitative estimate of drug-likeness (QED) is 0.361. The zero-order chi connectivity index (χ0) is 22.6. The predicted octanol–water partition coefficient (Wildman–Crippen LogP) is 4.70. The normalized spacial score (nSPS) is 12.0. The zero-order valence-corrected chi connectivity index (χ0v) is 18.8. The van der Waals surface area contributed by atoms with Crippen molar-refractivity contribution in [3.63, 3.8) is 0 Å². The third-order valence-corrected chi connectivity index (χ3v) is 6.39. The number of hydrogen-bond donors (Lipinski definition) is 1. The van der Waals surface area contributed by atoms with Gasteiger partial charge >= 0.3 is 0 Å². The Bertz CT molecular complexity index is 1330. The average molecular weight is 455 g/mol. The molecule has 1 N–H and O–H groups in total. The zero-order valence-electron chi connectivity index (χ0n) is 18.0. The van der Waals surface area contributed by atoms with E-state index in [0.717, 1.165) is 33.2 Å². The number of carbonyl (C=O) groups excluding carboxylic acids is 1. The first kappa shape index (κ1) is 21.0. The van der Waals surface area contributed by atoms with E-state index in [0.29, 0.717) is 5.56 Å². The molecule has 8 heteroatoms. The summed E-state index contributed by atoms with van der Waals surface area (Å²) in [5, 5.41) is 7.19. The van der Waals surface area contributed by atoms with Crippen molar-refractivity contribution >= 4 is 23.3 Å². The van der Waals surface area contributed by atoms with E-state index >= 15 is 0 Å². The first-order valence-electron chi connectivity index (χ1n) is 10.6. The number of aromatic nitrogens is 5. The summed E-state index contributed by atoms with van der Waals surface area (Å²) < 4.78 is 3.72. The molecule has 5 aromatic rings. The molecule has 33 heavy (non-hydrogen) atoms. The molecule has 0 bridgehead atoms. The summed E-state index contributed by atoms with van der Waals surface area (Å²) in [5.74, 6) is 0.675. The van der Waals surface area contributed by atoms with E-state index < -0.39 is 0 Å². The number of benzene rings is 2. The molecule has 0 saturated carbocycles. The molecule has 0 aliphatic heterocycles. The molecular weight excluding hydrogens is 432 g/mol. The van der Waals surface area contributed by atoms with Gasteiger partial charge in [-0.3, -0.25) is 4.79 Å². The van der Waals surface area contributed by atoms with Crippen LogP contribution >= 0.6 is 11.8 Å². The Hall–Kier alpha value is -3.91. The Morgan fingerprint density at radius 3 is 2.61 bits per heavy atom. The molecule has 0 fully saturated rings. The van der Waals surface area contributed by atoms with Gasteiger partial charge in [-0.1, -0.05) is 18.2 Å². The first-order chi connectivity index (χ1) is 16.2. The van der Waals surface area contributed by atoms with E-state index in [4.69, 9.17) is 0 Å². The lowest BCUT2D eigenvalue weighted by Crippen LogP contribution is -2.26. The first-order valence-corrected chi connectivity index (χ1v) is 11.6. The van der Waals surface area contributed by atoms with Gasteiger partial charge in [-0.2, -0.15) is 5.10 Å². The van der Waals surface area contributed by atoms with Crippen LogP contribution in [-0.4, -0.2) is 30.1 Å². The summed E-state index contributed by atoms with van der Waals surface area (Å²) in [6.45, 7) is 1.97. The van der Waals surface area contributed by atoms with Crippen molar-refractivity contribution in [3.8, 4) is 5.69 Å². The fourth-order valence-electron chi connectivity index (χ4n) is 3.54. The van der Waals surface area contributed by atoms with Crippen LogP contribution in [0.15, 0.2) is 96.7 Å². The van der Waals surface area contributed by atoms with E-state index in [1.54, 1.807) is 22.8 Å². The number of imidazole rings is 1. The van der Waals surface area contributed by atoms with Crippen molar-refractivity contribution < 1.29 is 4.79 Å². The third-order valence-electron chi connectivity index (χ3n) is 5.34. The molecule has 2 aromatic carbocycles. The van der Waals surface area contributed by atoms with Gasteiger partial charge in [0.1, 0.15) is 18.3 Å². The molecule has 0 saturated heterocycles. The van der Waals surface area contributed by atoms with Gasteiger partial charge in [0.15, 0.2) is 0 Å². The highest BCUT2D eigenvalue weighted by atomic mass is 32.2. The smallest absolute Gasteiger partial charge is 0.251 e. The van der Waals surface area contributed by atoms with Gasteiger partial charge in [0.25, 0.3) is 5.91 Å². The lowest BCUT2D eigenvalue weighted by Gasteiger charge is -2.15. The summed E-state index contributed by atoms with van der Waals surface area (Å²) in [6.07, 6.45) is 7.19. The summed E-state index contributed by atoms with van der Waals surface area (Å²) in [6, 6.07) is 21.4. The third kappa shape index (κ3) is 4.80. The van der Waals surface area contributed by atoms with Gasteiger partial charge in [-0.05, 0) is 61.0 Å². The maximum atomic E-state index is 12.7. The molecule has 5 rings (SSSR count). The molecule has 1 unspecified atom stereocenters. The molecule has 3 heterocycles. The average Bonchev–Trinajstić information content (AvgIpc) is 3.53. The van der Waals surface area contributed by atoms with E-state index in [-0.39, 0.29) is 11.9 Å². The van der Waals surface area contributed by atoms with Gasteiger partial charge in [0.2, 0.25) is 0 Å². The molecule has 0 spiro atoms. The molecule has 0 aliphatic rings. The predicted molar refractivity (Wildman–Crippen MR) is 128 cm³/mol. The minimum Gasteiger partial charge on any atom is -0.346 e. The maximum Gasteiger partial charge on any atom is 0.251 e. The van der Waals surface area contributed by atoms with Gasteiger partial charge in [0.05, 0.1) is 17.4 Å². The molecule has 3 aromatic heterocycles. The van der Waals surface area contributed by atoms with E-state index in [2.05, 4.69) is 20.4 Å². The molecule has 164 valence electrons. The van der Waals surface area contributed by atoms with Crippen LogP contribution in [0, 0.1) is 0 Å². The number of amides is 1. The Morgan fingerprint density at radius 1 is 1.06 bits per heavy atom. The highest BCUT2D eigenvalue weighted by Crippen LogP contribution is 2.23. The lowest BCUT2D eigenvalue weighted by atomic mass is 10.1. The molecular formula is C25H22N6OS. The van der Waals surface area contributed by atoms with Crippen LogP contribution in [0.1, 0.15) is 34.6 Å². The van der Waals surface area contributed by atoms with E-state index in [9.17, 15) is 4.79 Å². The topological polar surface area (TPSA) is 77.1 Å². The second-order valence-electron chi connectivity index (χ2n) is 7.64. The van der Waals surface area contributed by atoms with Crippen LogP contribution in [0.5, 0.6) is 0 Å². The number of thioether (sulfide) groups is 1. The number of pyridine rings is 1. The van der Waals surface area contributed by atoms with Gasteiger partial charge in [-0.25, -0.2) is 14.6 Å². The monoisotopic (exact) mass is 454 g/mol. The Labute approximate surface area is 195 Å².